The number of imidazole rings is 1. The number of carbonyl (C=O) groups is 2. The van der Waals surface area contributed by atoms with E-state index in [0.29, 0.717) is 17.0 Å². The summed E-state index contributed by atoms with van der Waals surface area (Å²) in [6.07, 6.45) is 1.19. The summed E-state index contributed by atoms with van der Waals surface area (Å²) in [7, 11) is 0. The molecule has 2 aromatic heterocycles. The minimum absolute atomic E-state index is 0.0361. The van der Waals surface area contributed by atoms with E-state index in [9.17, 15) is 14.7 Å². The van der Waals surface area contributed by atoms with Crippen LogP contribution in [0.5, 0.6) is 0 Å². The van der Waals surface area contributed by atoms with Crippen LogP contribution < -0.4 is 5.32 Å². The molecule has 2 N–H and O–H groups in total. The minimum atomic E-state index is -1.21. The first-order valence-corrected chi connectivity index (χ1v) is 12.9. The van der Waals surface area contributed by atoms with E-state index < -0.39 is 18.1 Å². The van der Waals surface area contributed by atoms with E-state index >= 15 is 0 Å². The van der Waals surface area contributed by atoms with Crippen molar-refractivity contribution in [2.24, 2.45) is 0 Å². The first kappa shape index (κ1) is 24.4. The molecule has 0 aliphatic heterocycles. The second-order valence-corrected chi connectivity index (χ2v) is 9.77. The zero-order valence-electron chi connectivity index (χ0n) is 21.4. The van der Waals surface area contributed by atoms with Crippen molar-refractivity contribution < 1.29 is 19.4 Å². The van der Waals surface area contributed by atoms with Gasteiger partial charge < -0.3 is 19.6 Å². The van der Waals surface area contributed by atoms with Gasteiger partial charge in [-0.05, 0) is 40.8 Å². The summed E-state index contributed by atoms with van der Waals surface area (Å²) in [5, 5.41) is 12.6. The van der Waals surface area contributed by atoms with Crippen LogP contribution in [-0.4, -0.2) is 39.2 Å². The van der Waals surface area contributed by atoms with E-state index in [-0.39, 0.29) is 18.9 Å². The molecule has 1 aliphatic rings. The first-order valence-electron chi connectivity index (χ1n) is 12.9. The summed E-state index contributed by atoms with van der Waals surface area (Å²) in [6.45, 7) is 2.07. The Labute approximate surface area is 225 Å². The molecule has 5 aromatic rings. The molecule has 2 heterocycles. The van der Waals surface area contributed by atoms with Gasteiger partial charge in [0.15, 0.2) is 0 Å². The number of carboxylic acids is 1. The Morgan fingerprint density at radius 2 is 1.56 bits per heavy atom. The lowest BCUT2D eigenvalue weighted by Gasteiger charge is -2.18. The number of aliphatic carboxylic acids is 1. The number of benzene rings is 3. The van der Waals surface area contributed by atoms with E-state index in [1.165, 1.54) is 0 Å². The summed E-state index contributed by atoms with van der Waals surface area (Å²) in [5.74, 6) is -1.26. The molecule has 0 fully saturated rings. The van der Waals surface area contributed by atoms with Gasteiger partial charge in [0.1, 0.15) is 18.3 Å². The fourth-order valence-corrected chi connectivity index (χ4v) is 5.40. The number of rotatable bonds is 7. The Bertz CT molecular complexity index is 1650. The molecule has 1 atom stereocenters. The van der Waals surface area contributed by atoms with Crippen LogP contribution in [-0.2, 0) is 16.0 Å². The van der Waals surface area contributed by atoms with Gasteiger partial charge in [-0.2, -0.15) is 0 Å². The van der Waals surface area contributed by atoms with Crippen LogP contribution in [0.15, 0.2) is 97.2 Å². The van der Waals surface area contributed by atoms with Gasteiger partial charge in [0.2, 0.25) is 0 Å². The number of carboxylic acid groups (broad SMARTS) is 1. The highest BCUT2D eigenvalue weighted by atomic mass is 16.5. The second kappa shape index (κ2) is 10.1. The third-order valence-electron chi connectivity index (χ3n) is 7.24. The number of nitrogens with one attached hydrogen (secondary N) is 1. The highest BCUT2D eigenvalue weighted by Gasteiger charge is 2.30. The number of fused-ring (bicyclic) bond motifs is 4. The van der Waals surface area contributed by atoms with Crippen molar-refractivity contribution in [3.8, 4) is 22.4 Å². The lowest BCUT2D eigenvalue weighted by atomic mass is 9.98. The number of hydrogen-bond acceptors (Lipinski definition) is 4. The Hall–Kier alpha value is -4.91. The van der Waals surface area contributed by atoms with Crippen molar-refractivity contribution in [2.75, 3.05) is 6.61 Å². The maximum Gasteiger partial charge on any atom is 0.407 e. The van der Waals surface area contributed by atoms with Crippen LogP contribution >= 0.6 is 0 Å². The summed E-state index contributed by atoms with van der Waals surface area (Å²) in [4.78, 5) is 30.0. The van der Waals surface area contributed by atoms with Gasteiger partial charge in [0, 0.05) is 24.1 Å². The molecule has 0 spiro atoms. The van der Waals surface area contributed by atoms with Gasteiger partial charge in [-0.15, -0.1) is 0 Å². The molecule has 1 unspecified atom stereocenters. The predicted octanol–water partition coefficient (Wildman–Crippen LogP) is 5.84. The monoisotopic (exact) mass is 517 g/mol. The normalized spacial score (nSPS) is 13.1. The Kier molecular flexibility index (Phi) is 6.32. The number of alkyl carbamates (subject to hydrolysis) is 1. The minimum Gasteiger partial charge on any atom is -0.480 e. The fraction of sp³-hybridized carbons (Fsp3) is 0.156. The maximum atomic E-state index is 12.9. The number of carbonyl (C=O) groups excluding carboxylic acids is 1. The van der Waals surface area contributed by atoms with Gasteiger partial charge in [0.05, 0.1) is 11.4 Å². The Morgan fingerprint density at radius 1 is 0.923 bits per heavy atom. The zero-order chi connectivity index (χ0) is 26.9. The topological polar surface area (TPSA) is 92.9 Å². The van der Waals surface area contributed by atoms with E-state index in [4.69, 9.17) is 9.72 Å². The number of pyridine rings is 1. The third kappa shape index (κ3) is 4.63. The average Bonchev–Trinajstić information content (AvgIpc) is 3.47. The fourth-order valence-electron chi connectivity index (χ4n) is 5.40. The van der Waals surface area contributed by atoms with Crippen molar-refractivity contribution in [1.29, 1.82) is 0 Å². The van der Waals surface area contributed by atoms with Crippen molar-refractivity contribution in [1.82, 2.24) is 14.7 Å². The summed E-state index contributed by atoms with van der Waals surface area (Å²) < 4.78 is 7.52. The Morgan fingerprint density at radius 3 is 2.23 bits per heavy atom. The largest absolute Gasteiger partial charge is 0.480 e. The first-order chi connectivity index (χ1) is 19.0. The molecule has 1 aliphatic carbocycles. The molecule has 194 valence electrons. The summed E-state index contributed by atoms with van der Waals surface area (Å²) >= 11 is 0. The lowest BCUT2D eigenvalue weighted by Crippen LogP contribution is -2.43. The van der Waals surface area contributed by atoms with Gasteiger partial charge in [-0.1, -0.05) is 84.9 Å². The molecule has 3 aromatic carbocycles. The number of aryl methyl sites for hydroxylation is 1. The number of amides is 1. The van der Waals surface area contributed by atoms with E-state index in [0.717, 1.165) is 33.4 Å². The van der Waals surface area contributed by atoms with Crippen LogP contribution in [0.25, 0.3) is 28.0 Å². The van der Waals surface area contributed by atoms with Crippen molar-refractivity contribution in [3.63, 3.8) is 0 Å². The lowest BCUT2D eigenvalue weighted by molar-refractivity contribution is -0.139. The molecule has 0 saturated heterocycles. The smallest absolute Gasteiger partial charge is 0.407 e. The van der Waals surface area contributed by atoms with Gasteiger partial charge in [0.25, 0.3) is 0 Å². The zero-order valence-corrected chi connectivity index (χ0v) is 21.4. The quantitative estimate of drug-likeness (QED) is 0.283. The van der Waals surface area contributed by atoms with Crippen molar-refractivity contribution in [3.05, 3.63) is 120 Å². The standard InChI is InChI=1S/C32H27N3O4/c1-20-15-16-29-34-30(21-9-3-2-4-10-21)28(35(29)18-20)17-27(31(36)37)33-32(38)39-19-26-24-13-7-5-11-22(24)23-12-6-8-14-25(23)26/h2-16,18,26-27H,17,19H2,1H3,(H,33,38)(H,36,37). The second-order valence-electron chi connectivity index (χ2n) is 9.77. The van der Waals surface area contributed by atoms with Gasteiger partial charge in [-0.25, -0.2) is 14.6 Å². The van der Waals surface area contributed by atoms with Crippen molar-refractivity contribution in [2.45, 2.75) is 25.3 Å². The SMILES string of the molecule is Cc1ccc2nc(-c3ccccc3)c(CC(NC(=O)OCC3c4ccccc4-c4ccccc43)C(=O)O)n2c1. The molecule has 6 rings (SSSR count). The highest BCUT2D eigenvalue weighted by molar-refractivity contribution is 5.82. The number of ether oxygens (including phenoxy) is 1. The van der Waals surface area contributed by atoms with E-state index in [1.807, 2.05) is 96.4 Å². The molecule has 39 heavy (non-hydrogen) atoms. The van der Waals surface area contributed by atoms with Crippen LogP contribution in [0.2, 0.25) is 0 Å². The molecular weight excluding hydrogens is 490 g/mol. The van der Waals surface area contributed by atoms with Crippen molar-refractivity contribution >= 4 is 17.7 Å². The Balaban J connectivity index is 1.23. The van der Waals surface area contributed by atoms with Gasteiger partial charge >= 0.3 is 12.1 Å². The van der Waals surface area contributed by atoms with Gasteiger partial charge in [-0.3, -0.25) is 0 Å². The highest BCUT2D eigenvalue weighted by Crippen LogP contribution is 2.44. The molecule has 0 bridgehead atoms. The average molecular weight is 518 g/mol. The molecular formula is C32H27N3O4. The summed E-state index contributed by atoms with van der Waals surface area (Å²) in [5.41, 5.74) is 8.41. The van der Waals surface area contributed by atoms with E-state index in [2.05, 4.69) is 17.4 Å². The van der Waals surface area contributed by atoms with Crippen LogP contribution in [0.1, 0.15) is 28.3 Å². The molecule has 7 nitrogen and oxygen atoms in total. The molecule has 1 amide bonds. The maximum absolute atomic E-state index is 12.9. The number of hydrogen-bond donors (Lipinski definition) is 2. The summed E-state index contributed by atoms with van der Waals surface area (Å²) in [6, 6.07) is 28.4. The number of aromatic nitrogens is 2. The third-order valence-corrected chi connectivity index (χ3v) is 7.24. The van der Waals surface area contributed by atoms with Crippen LogP contribution in [0, 0.1) is 6.92 Å². The van der Waals surface area contributed by atoms with Crippen LogP contribution in [0.4, 0.5) is 4.79 Å². The predicted molar refractivity (Wildman–Crippen MR) is 149 cm³/mol. The van der Waals surface area contributed by atoms with Crippen LogP contribution in [0.3, 0.4) is 0 Å². The van der Waals surface area contributed by atoms with E-state index in [1.54, 1.807) is 0 Å². The molecule has 7 heteroatoms. The molecule has 0 saturated carbocycles. The number of nitrogens with zero attached hydrogens (tertiary/aromatic N) is 2. The molecule has 0 radical (unpaired) electrons.